The molecule has 1 aliphatic rings. The van der Waals surface area contributed by atoms with Crippen molar-refractivity contribution in [1.29, 1.82) is 0 Å². The van der Waals surface area contributed by atoms with E-state index in [1.807, 2.05) is 6.07 Å². The fourth-order valence-corrected chi connectivity index (χ4v) is 2.37. The van der Waals surface area contributed by atoms with Gasteiger partial charge in [0.1, 0.15) is 5.78 Å². The Balaban J connectivity index is 1.68. The number of carbonyl (C=O) groups is 1. The largest absolute Gasteiger partial charge is 0.472 e. The molecule has 82 valence electrons. The molecule has 1 aromatic heterocycles. The van der Waals surface area contributed by atoms with E-state index in [2.05, 4.69) is 0 Å². The van der Waals surface area contributed by atoms with Crippen molar-refractivity contribution >= 4 is 5.78 Å². The van der Waals surface area contributed by atoms with E-state index in [9.17, 15) is 4.79 Å². The van der Waals surface area contributed by atoms with Crippen LogP contribution in [0, 0.1) is 5.92 Å². The lowest BCUT2D eigenvalue weighted by Gasteiger charge is -2.06. The van der Waals surface area contributed by atoms with Crippen LogP contribution in [0.1, 0.15) is 44.1 Å². The lowest BCUT2D eigenvalue weighted by Crippen LogP contribution is -2.04. The molecule has 1 aliphatic carbocycles. The van der Waals surface area contributed by atoms with Crippen LogP contribution in [-0.2, 0) is 11.2 Å². The minimum atomic E-state index is 0.350. The van der Waals surface area contributed by atoms with E-state index < -0.39 is 0 Å². The number of carbonyl (C=O) groups excluding carboxylic acids is 1. The highest BCUT2D eigenvalue weighted by Crippen LogP contribution is 2.28. The van der Waals surface area contributed by atoms with Crippen LogP contribution in [0.4, 0.5) is 0 Å². The molecule has 0 N–H and O–H groups in total. The number of rotatable bonds is 5. The molecule has 0 aromatic carbocycles. The Morgan fingerprint density at radius 3 is 2.87 bits per heavy atom. The highest BCUT2D eigenvalue weighted by atomic mass is 16.3. The molecular formula is C13H18O2. The summed E-state index contributed by atoms with van der Waals surface area (Å²) in [6, 6.07) is 1.87. The normalized spacial score (nSPS) is 17.1. The Labute approximate surface area is 90.7 Å². The number of Topliss-reactive ketones (excluding diaryl/α,β-unsaturated/α-hetero) is 1. The van der Waals surface area contributed by atoms with Gasteiger partial charge < -0.3 is 4.42 Å². The van der Waals surface area contributed by atoms with Crippen LogP contribution < -0.4 is 0 Å². The predicted octanol–water partition coefficient (Wildman–Crippen LogP) is 3.36. The lowest BCUT2D eigenvalue weighted by molar-refractivity contribution is -0.118. The standard InChI is InChI=1S/C13H18O2/c14-13(9-12-7-8-15-10-12)6-5-11-3-1-2-4-11/h7-8,10-11H,1-6,9H2. The van der Waals surface area contributed by atoms with Crippen molar-refractivity contribution in [2.75, 3.05) is 0 Å². The van der Waals surface area contributed by atoms with Gasteiger partial charge >= 0.3 is 0 Å². The van der Waals surface area contributed by atoms with E-state index >= 15 is 0 Å². The van der Waals surface area contributed by atoms with Crippen molar-refractivity contribution in [3.63, 3.8) is 0 Å². The van der Waals surface area contributed by atoms with Crippen LogP contribution in [0.2, 0.25) is 0 Å². The molecule has 0 radical (unpaired) electrons. The van der Waals surface area contributed by atoms with Crippen molar-refractivity contribution in [3.05, 3.63) is 24.2 Å². The summed E-state index contributed by atoms with van der Waals surface area (Å²) in [5, 5.41) is 0. The molecule has 1 heterocycles. The number of ketones is 1. The van der Waals surface area contributed by atoms with Crippen LogP contribution in [-0.4, -0.2) is 5.78 Å². The summed E-state index contributed by atoms with van der Waals surface area (Å²) in [7, 11) is 0. The van der Waals surface area contributed by atoms with Crippen LogP contribution in [0.3, 0.4) is 0 Å². The minimum Gasteiger partial charge on any atom is -0.472 e. The summed E-state index contributed by atoms with van der Waals surface area (Å²) in [4.78, 5) is 11.6. The predicted molar refractivity (Wildman–Crippen MR) is 58.6 cm³/mol. The quantitative estimate of drug-likeness (QED) is 0.739. The van der Waals surface area contributed by atoms with Gasteiger partial charge in [-0.2, -0.15) is 0 Å². The topological polar surface area (TPSA) is 30.2 Å². The summed E-state index contributed by atoms with van der Waals surface area (Å²) in [5.74, 6) is 1.17. The fourth-order valence-electron chi connectivity index (χ4n) is 2.37. The average Bonchev–Trinajstić information content (AvgIpc) is 2.86. The Kier molecular flexibility index (Phi) is 3.59. The molecule has 0 unspecified atom stereocenters. The van der Waals surface area contributed by atoms with Gasteiger partial charge in [-0.05, 0) is 24.0 Å². The van der Waals surface area contributed by atoms with E-state index in [1.165, 1.54) is 25.7 Å². The second-order valence-electron chi connectivity index (χ2n) is 4.54. The summed E-state index contributed by atoms with van der Waals surface area (Å²) in [6.45, 7) is 0. The fraction of sp³-hybridized carbons (Fsp3) is 0.615. The van der Waals surface area contributed by atoms with Crippen molar-refractivity contribution < 1.29 is 9.21 Å². The lowest BCUT2D eigenvalue weighted by atomic mass is 9.98. The second-order valence-corrected chi connectivity index (χ2v) is 4.54. The van der Waals surface area contributed by atoms with Gasteiger partial charge in [-0.1, -0.05) is 25.7 Å². The maximum atomic E-state index is 11.6. The van der Waals surface area contributed by atoms with Gasteiger partial charge in [-0.15, -0.1) is 0 Å². The third-order valence-corrected chi connectivity index (χ3v) is 3.29. The maximum absolute atomic E-state index is 11.6. The maximum Gasteiger partial charge on any atom is 0.137 e. The average molecular weight is 206 g/mol. The molecule has 1 aromatic rings. The number of hydrogen-bond donors (Lipinski definition) is 0. The van der Waals surface area contributed by atoms with Gasteiger partial charge in [-0.25, -0.2) is 0 Å². The van der Waals surface area contributed by atoms with Crippen molar-refractivity contribution in [2.24, 2.45) is 5.92 Å². The molecular weight excluding hydrogens is 188 g/mol. The van der Waals surface area contributed by atoms with Gasteiger partial charge in [0.15, 0.2) is 0 Å². The Morgan fingerprint density at radius 2 is 2.20 bits per heavy atom. The molecule has 2 heteroatoms. The first-order chi connectivity index (χ1) is 7.34. The van der Waals surface area contributed by atoms with E-state index in [0.717, 1.165) is 24.3 Å². The highest BCUT2D eigenvalue weighted by Gasteiger charge is 2.16. The number of furan rings is 1. The van der Waals surface area contributed by atoms with Gasteiger partial charge in [0.25, 0.3) is 0 Å². The summed E-state index contributed by atoms with van der Waals surface area (Å²) >= 11 is 0. The van der Waals surface area contributed by atoms with Crippen LogP contribution >= 0.6 is 0 Å². The molecule has 2 nitrogen and oxygen atoms in total. The Bertz CT molecular complexity index is 294. The zero-order valence-corrected chi connectivity index (χ0v) is 9.08. The molecule has 0 spiro atoms. The van der Waals surface area contributed by atoms with Gasteiger partial charge in [0, 0.05) is 12.8 Å². The summed E-state index contributed by atoms with van der Waals surface area (Å²) in [5.41, 5.74) is 1.01. The minimum absolute atomic E-state index is 0.350. The molecule has 1 saturated carbocycles. The molecule has 1 fully saturated rings. The van der Waals surface area contributed by atoms with Crippen LogP contribution in [0.5, 0.6) is 0 Å². The van der Waals surface area contributed by atoms with E-state index in [0.29, 0.717) is 12.2 Å². The molecule has 0 bridgehead atoms. The SMILES string of the molecule is O=C(CCC1CCCC1)Cc1ccoc1. The zero-order chi connectivity index (χ0) is 10.5. The second kappa shape index (κ2) is 5.15. The molecule has 0 saturated heterocycles. The first kappa shape index (κ1) is 10.5. The van der Waals surface area contributed by atoms with Crippen molar-refractivity contribution in [3.8, 4) is 0 Å². The monoisotopic (exact) mass is 206 g/mol. The molecule has 15 heavy (non-hydrogen) atoms. The van der Waals surface area contributed by atoms with Crippen LogP contribution in [0.25, 0.3) is 0 Å². The van der Waals surface area contributed by atoms with Gasteiger partial charge in [0.05, 0.1) is 12.5 Å². The van der Waals surface area contributed by atoms with Crippen molar-refractivity contribution in [2.45, 2.75) is 44.9 Å². The van der Waals surface area contributed by atoms with E-state index in [1.54, 1.807) is 12.5 Å². The third kappa shape index (κ3) is 3.22. The molecule has 2 rings (SSSR count). The zero-order valence-electron chi connectivity index (χ0n) is 9.08. The Hall–Kier alpha value is -1.05. The van der Waals surface area contributed by atoms with Crippen molar-refractivity contribution in [1.82, 2.24) is 0 Å². The van der Waals surface area contributed by atoms with Gasteiger partial charge in [-0.3, -0.25) is 4.79 Å². The van der Waals surface area contributed by atoms with E-state index in [4.69, 9.17) is 4.42 Å². The first-order valence-electron chi connectivity index (χ1n) is 5.87. The molecule has 0 atom stereocenters. The highest BCUT2D eigenvalue weighted by molar-refractivity contribution is 5.80. The van der Waals surface area contributed by atoms with Crippen LogP contribution in [0.15, 0.2) is 23.0 Å². The molecule has 0 aliphatic heterocycles. The first-order valence-corrected chi connectivity index (χ1v) is 5.87. The smallest absolute Gasteiger partial charge is 0.137 e. The molecule has 0 amide bonds. The summed E-state index contributed by atoms with van der Waals surface area (Å²) in [6.07, 6.45) is 11.1. The Morgan fingerprint density at radius 1 is 1.40 bits per heavy atom. The van der Waals surface area contributed by atoms with Gasteiger partial charge in [0.2, 0.25) is 0 Å². The summed E-state index contributed by atoms with van der Waals surface area (Å²) < 4.78 is 4.94. The van der Waals surface area contributed by atoms with E-state index in [-0.39, 0.29) is 0 Å². The third-order valence-electron chi connectivity index (χ3n) is 3.29. The number of hydrogen-bond acceptors (Lipinski definition) is 2.